The first kappa shape index (κ1) is 9.21. The van der Waals surface area contributed by atoms with Crippen LogP contribution in [0.1, 0.15) is 23.2 Å². The Labute approximate surface area is 84.6 Å². The molecule has 1 aromatic heterocycles. The van der Waals surface area contributed by atoms with Gasteiger partial charge >= 0.3 is 5.97 Å². The molecular formula is C9H9NO3S. The van der Waals surface area contributed by atoms with E-state index >= 15 is 0 Å². The summed E-state index contributed by atoms with van der Waals surface area (Å²) < 4.78 is 0. The summed E-state index contributed by atoms with van der Waals surface area (Å²) in [5.41, 5.74) is 0.170. The molecule has 1 aliphatic carbocycles. The summed E-state index contributed by atoms with van der Waals surface area (Å²) >= 11 is 1.24. The molecule has 0 atom stereocenters. The van der Waals surface area contributed by atoms with E-state index in [0.29, 0.717) is 5.00 Å². The number of carbonyl (C=O) groups is 2. The maximum absolute atomic E-state index is 11.4. The second kappa shape index (κ2) is 3.42. The van der Waals surface area contributed by atoms with Crippen LogP contribution in [0.2, 0.25) is 0 Å². The van der Waals surface area contributed by atoms with Crippen LogP contribution < -0.4 is 5.32 Å². The van der Waals surface area contributed by atoms with Crippen molar-refractivity contribution in [3.05, 3.63) is 17.0 Å². The third-order valence-corrected chi connectivity index (χ3v) is 2.91. The van der Waals surface area contributed by atoms with E-state index < -0.39 is 5.97 Å². The molecule has 0 radical (unpaired) electrons. The van der Waals surface area contributed by atoms with Gasteiger partial charge in [0, 0.05) is 5.92 Å². The summed E-state index contributed by atoms with van der Waals surface area (Å²) in [7, 11) is 0. The monoisotopic (exact) mass is 211 g/mol. The van der Waals surface area contributed by atoms with Gasteiger partial charge in [-0.2, -0.15) is 0 Å². The number of carboxylic acid groups (broad SMARTS) is 1. The molecule has 0 bridgehead atoms. The van der Waals surface area contributed by atoms with Crippen LogP contribution >= 0.6 is 11.3 Å². The smallest absolute Gasteiger partial charge is 0.338 e. The van der Waals surface area contributed by atoms with Crippen LogP contribution in [0, 0.1) is 5.92 Å². The Morgan fingerprint density at radius 1 is 1.50 bits per heavy atom. The highest BCUT2D eigenvalue weighted by atomic mass is 32.1. The number of carboxylic acids is 1. The van der Waals surface area contributed by atoms with E-state index in [1.165, 1.54) is 17.4 Å². The quantitative estimate of drug-likeness (QED) is 0.801. The molecule has 14 heavy (non-hydrogen) atoms. The zero-order valence-corrected chi connectivity index (χ0v) is 8.13. The first-order chi connectivity index (χ1) is 6.68. The Kier molecular flexibility index (Phi) is 2.25. The minimum atomic E-state index is -1.00. The fourth-order valence-electron chi connectivity index (χ4n) is 1.13. The molecule has 1 saturated carbocycles. The SMILES string of the molecule is O=C(O)c1ccsc1NC(=O)C1CC1. The summed E-state index contributed by atoms with van der Waals surface area (Å²) in [6.45, 7) is 0. The average Bonchev–Trinajstić information content (AvgIpc) is 2.87. The van der Waals surface area contributed by atoms with Gasteiger partial charge in [-0.15, -0.1) is 11.3 Å². The van der Waals surface area contributed by atoms with E-state index in [2.05, 4.69) is 5.32 Å². The third kappa shape index (κ3) is 1.77. The number of aromatic carboxylic acids is 1. The van der Waals surface area contributed by atoms with Crippen LogP contribution in [-0.2, 0) is 4.79 Å². The number of hydrogen-bond acceptors (Lipinski definition) is 3. The lowest BCUT2D eigenvalue weighted by atomic mass is 10.3. The van der Waals surface area contributed by atoms with Crippen LogP contribution in [0.5, 0.6) is 0 Å². The van der Waals surface area contributed by atoms with E-state index in [4.69, 9.17) is 5.11 Å². The molecule has 0 unspecified atom stereocenters. The topological polar surface area (TPSA) is 66.4 Å². The number of thiophene rings is 1. The van der Waals surface area contributed by atoms with Crippen molar-refractivity contribution in [1.29, 1.82) is 0 Å². The summed E-state index contributed by atoms with van der Waals surface area (Å²) in [4.78, 5) is 22.1. The van der Waals surface area contributed by atoms with Crippen molar-refractivity contribution < 1.29 is 14.7 Å². The molecule has 1 aliphatic rings. The first-order valence-electron chi connectivity index (χ1n) is 4.30. The molecule has 2 N–H and O–H groups in total. The van der Waals surface area contributed by atoms with E-state index in [1.807, 2.05) is 0 Å². The molecule has 74 valence electrons. The standard InChI is InChI=1S/C9H9NO3S/c11-7(5-1-2-5)10-8-6(9(12)13)3-4-14-8/h3-5H,1-2H2,(H,10,11)(H,12,13). The number of anilines is 1. The van der Waals surface area contributed by atoms with Gasteiger partial charge in [0.25, 0.3) is 0 Å². The second-order valence-electron chi connectivity index (χ2n) is 3.23. The average molecular weight is 211 g/mol. The molecule has 1 fully saturated rings. The highest BCUT2D eigenvalue weighted by molar-refractivity contribution is 7.14. The van der Waals surface area contributed by atoms with Crippen molar-refractivity contribution in [1.82, 2.24) is 0 Å². The van der Waals surface area contributed by atoms with Crippen molar-refractivity contribution in [3.8, 4) is 0 Å². The van der Waals surface area contributed by atoms with E-state index in [-0.39, 0.29) is 17.4 Å². The maximum Gasteiger partial charge on any atom is 0.338 e. The first-order valence-corrected chi connectivity index (χ1v) is 5.18. The highest BCUT2D eigenvalue weighted by Crippen LogP contribution is 2.32. The van der Waals surface area contributed by atoms with Crippen molar-refractivity contribution in [2.24, 2.45) is 5.92 Å². The third-order valence-electron chi connectivity index (χ3n) is 2.08. The molecule has 0 spiro atoms. The van der Waals surface area contributed by atoms with Gasteiger partial charge in [-0.05, 0) is 24.3 Å². The fraction of sp³-hybridized carbons (Fsp3) is 0.333. The maximum atomic E-state index is 11.4. The predicted molar refractivity (Wildman–Crippen MR) is 52.6 cm³/mol. The van der Waals surface area contributed by atoms with Gasteiger partial charge in [-0.25, -0.2) is 4.79 Å². The van der Waals surface area contributed by atoms with Crippen molar-refractivity contribution in [3.63, 3.8) is 0 Å². The minimum Gasteiger partial charge on any atom is -0.478 e. The Morgan fingerprint density at radius 3 is 2.79 bits per heavy atom. The van der Waals surface area contributed by atoms with Crippen LogP contribution in [0.25, 0.3) is 0 Å². The van der Waals surface area contributed by atoms with Gasteiger partial charge in [0.1, 0.15) is 5.00 Å². The zero-order valence-electron chi connectivity index (χ0n) is 7.32. The minimum absolute atomic E-state index is 0.0602. The van der Waals surface area contributed by atoms with E-state index in [9.17, 15) is 9.59 Å². The van der Waals surface area contributed by atoms with Gasteiger partial charge in [-0.1, -0.05) is 0 Å². The zero-order chi connectivity index (χ0) is 10.1. The fourth-order valence-corrected chi connectivity index (χ4v) is 1.92. The Bertz CT molecular complexity index is 381. The number of carbonyl (C=O) groups excluding carboxylic acids is 1. The lowest BCUT2D eigenvalue weighted by Crippen LogP contribution is -2.14. The summed E-state index contributed by atoms with van der Waals surface area (Å²) in [6.07, 6.45) is 1.83. The molecule has 0 aromatic carbocycles. The predicted octanol–water partition coefficient (Wildman–Crippen LogP) is 1.79. The Balaban J connectivity index is 2.11. The summed E-state index contributed by atoms with van der Waals surface area (Å²) in [5, 5.41) is 13.5. The molecule has 4 nitrogen and oxygen atoms in total. The van der Waals surface area contributed by atoms with Crippen molar-refractivity contribution in [2.45, 2.75) is 12.8 Å². The largest absolute Gasteiger partial charge is 0.478 e. The van der Waals surface area contributed by atoms with Crippen molar-refractivity contribution >= 4 is 28.2 Å². The normalized spacial score (nSPS) is 15.1. The molecule has 0 saturated heterocycles. The number of hydrogen-bond donors (Lipinski definition) is 2. The molecule has 0 aliphatic heterocycles. The Hall–Kier alpha value is -1.36. The number of nitrogens with one attached hydrogen (secondary N) is 1. The van der Waals surface area contributed by atoms with E-state index in [1.54, 1.807) is 5.38 Å². The highest BCUT2D eigenvalue weighted by Gasteiger charge is 2.30. The lowest BCUT2D eigenvalue weighted by molar-refractivity contribution is -0.117. The van der Waals surface area contributed by atoms with Gasteiger partial charge in [0.2, 0.25) is 5.91 Å². The number of rotatable bonds is 3. The van der Waals surface area contributed by atoms with Crippen molar-refractivity contribution in [2.75, 3.05) is 5.32 Å². The second-order valence-corrected chi connectivity index (χ2v) is 4.15. The van der Waals surface area contributed by atoms with Gasteiger partial charge in [0.05, 0.1) is 5.56 Å². The van der Waals surface area contributed by atoms with Crippen LogP contribution in [-0.4, -0.2) is 17.0 Å². The lowest BCUT2D eigenvalue weighted by Gasteiger charge is -2.01. The van der Waals surface area contributed by atoms with Gasteiger partial charge in [-0.3, -0.25) is 4.79 Å². The molecule has 1 heterocycles. The summed E-state index contributed by atoms with van der Waals surface area (Å²) in [6, 6.07) is 1.50. The van der Waals surface area contributed by atoms with Gasteiger partial charge in [0.15, 0.2) is 0 Å². The van der Waals surface area contributed by atoms with E-state index in [0.717, 1.165) is 12.8 Å². The number of amides is 1. The van der Waals surface area contributed by atoms with Gasteiger partial charge < -0.3 is 10.4 Å². The summed E-state index contributed by atoms with van der Waals surface area (Å²) in [5.74, 6) is -0.967. The Morgan fingerprint density at radius 2 is 2.21 bits per heavy atom. The molecule has 1 amide bonds. The molecule has 1 aromatic rings. The molecule has 5 heteroatoms. The van der Waals surface area contributed by atoms with Crippen LogP contribution in [0.3, 0.4) is 0 Å². The van der Waals surface area contributed by atoms with Crippen LogP contribution in [0.4, 0.5) is 5.00 Å². The molecule has 2 rings (SSSR count). The molecular weight excluding hydrogens is 202 g/mol. The van der Waals surface area contributed by atoms with Crippen LogP contribution in [0.15, 0.2) is 11.4 Å².